The summed E-state index contributed by atoms with van der Waals surface area (Å²) in [6.07, 6.45) is 0. The fraction of sp³-hybridized carbons (Fsp3) is 0.136. The molecule has 0 bridgehead atoms. The Bertz CT molecular complexity index is 940. The van der Waals surface area contributed by atoms with Crippen molar-refractivity contribution in [2.75, 3.05) is 0 Å². The highest BCUT2D eigenvalue weighted by molar-refractivity contribution is 5.76. The smallest absolute Gasteiger partial charge is 0.117 e. The van der Waals surface area contributed by atoms with Crippen molar-refractivity contribution in [1.29, 1.82) is 0 Å². The molecule has 0 saturated carbocycles. The van der Waals surface area contributed by atoms with Crippen LogP contribution in [0.25, 0.3) is 11.0 Å². The van der Waals surface area contributed by atoms with Crippen molar-refractivity contribution >= 4 is 11.0 Å². The molecule has 2 nitrogen and oxygen atoms in total. The first kappa shape index (κ1) is 14.7. The molecule has 4 rings (SSSR count). The molecule has 0 N–H and O–H groups in total. The highest BCUT2D eigenvalue weighted by atomic mass is 15.1. The fourth-order valence-electron chi connectivity index (χ4n) is 3.25. The number of aromatic nitrogens is 2. The maximum Gasteiger partial charge on any atom is 0.117 e. The van der Waals surface area contributed by atoms with Crippen LogP contribution in [0.5, 0.6) is 0 Å². The number of imidazole rings is 1. The van der Waals surface area contributed by atoms with Crippen LogP contribution in [0.2, 0.25) is 0 Å². The average molecular weight is 312 g/mol. The van der Waals surface area contributed by atoms with E-state index in [-0.39, 0.29) is 5.92 Å². The quantitative estimate of drug-likeness (QED) is 0.504. The van der Waals surface area contributed by atoms with Gasteiger partial charge in [-0.05, 0) is 23.3 Å². The van der Waals surface area contributed by atoms with Gasteiger partial charge in [-0.3, -0.25) is 0 Å². The van der Waals surface area contributed by atoms with Crippen LogP contribution in [0, 0.1) is 0 Å². The van der Waals surface area contributed by atoms with E-state index < -0.39 is 0 Å². The van der Waals surface area contributed by atoms with Gasteiger partial charge in [0.1, 0.15) is 5.82 Å². The molecule has 2 heteroatoms. The summed E-state index contributed by atoms with van der Waals surface area (Å²) in [6.45, 7) is 3.08. The molecule has 1 unspecified atom stereocenters. The van der Waals surface area contributed by atoms with Crippen LogP contribution in [-0.4, -0.2) is 9.55 Å². The van der Waals surface area contributed by atoms with Crippen LogP contribution in [0.15, 0.2) is 84.9 Å². The van der Waals surface area contributed by atoms with Gasteiger partial charge in [-0.15, -0.1) is 0 Å². The first-order chi connectivity index (χ1) is 11.8. The molecule has 1 aromatic heterocycles. The lowest BCUT2D eigenvalue weighted by atomic mass is 10.0. The van der Waals surface area contributed by atoms with Gasteiger partial charge in [0, 0.05) is 12.5 Å². The highest BCUT2D eigenvalue weighted by Gasteiger charge is 2.18. The Hall–Kier alpha value is -2.87. The number of benzene rings is 3. The third kappa shape index (κ3) is 2.71. The Morgan fingerprint density at radius 2 is 1.42 bits per heavy atom. The zero-order chi connectivity index (χ0) is 16.4. The Balaban J connectivity index is 1.84. The molecule has 1 atom stereocenters. The maximum atomic E-state index is 4.95. The Kier molecular flexibility index (Phi) is 3.87. The van der Waals surface area contributed by atoms with E-state index in [0.717, 1.165) is 17.9 Å². The SMILES string of the molecule is CC(c1ccccc1)c1nc2ccccc2n1Cc1ccccc1. The van der Waals surface area contributed by atoms with Gasteiger partial charge in [0.15, 0.2) is 0 Å². The number of nitrogens with zero attached hydrogens (tertiary/aromatic N) is 2. The summed E-state index contributed by atoms with van der Waals surface area (Å²) in [5.74, 6) is 1.37. The van der Waals surface area contributed by atoms with Gasteiger partial charge in [0.05, 0.1) is 11.0 Å². The van der Waals surface area contributed by atoms with Crippen molar-refractivity contribution in [1.82, 2.24) is 9.55 Å². The zero-order valence-electron chi connectivity index (χ0n) is 13.8. The monoisotopic (exact) mass is 312 g/mol. The number of rotatable bonds is 4. The minimum Gasteiger partial charge on any atom is -0.323 e. The van der Waals surface area contributed by atoms with Crippen molar-refractivity contribution in [3.63, 3.8) is 0 Å². The highest BCUT2D eigenvalue weighted by Crippen LogP contribution is 2.28. The van der Waals surface area contributed by atoms with Crippen molar-refractivity contribution in [3.05, 3.63) is 102 Å². The molecule has 0 amide bonds. The van der Waals surface area contributed by atoms with Crippen molar-refractivity contribution in [3.8, 4) is 0 Å². The van der Waals surface area contributed by atoms with Crippen molar-refractivity contribution in [2.24, 2.45) is 0 Å². The summed E-state index contributed by atoms with van der Waals surface area (Å²) in [4.78, 5) is 4.95. The largest absolute Gasteiger partial charge is 0.323 e. The van der Waals surface area contributed by atoms with E-state index in [4.69, 9.17) is 4.98 Å². The molecule has 0 aliphatic heterocycles. The van der Waals surface area contributed by atoms with Gasteiger partial charge < -0.3 is 4.57 Å². The van der Waals surface area contributed by atoms with E-state index in [2.05, 4.69) is 96.4 Å². The number of para-hydroxylation sites is 2. The second-order valence-electron chi connectivity index (χ2n) is 6.16. The molecule has 0 radical (unpaired) electrons. The maximum absolute atomic E-state index is 4.95. The fourth-order valence-corrected chi connectivity index (χ4v) is 3.25. The van der Waals surface area contributed by atoms with Crippen LogP contribution in [-0.2, 0) is 6.54 Å². The molecule has 0 fully saturated rings. The second-order valence-corrected chi connectivity index (χ2v) is 6.16. The molecule has 0 saturated heterocycles. The predicted molar refractivity (Wildman–Crippen MR) is 99.2 cm³/mol. The molecule has 1 heterocycles. The van der Waals surface area contributed by atoms with Crippen molar-refractivity contribution in [2.45, 2.75) is 19.4 Å². The molecule has 0 aliphatic rings. The minimum absolute atomic E-state index is 0.252. The van der Waals surface area contributed by atoms with E-state index in [1.807, 2.05) is 0 Å². The van der Waals surface area contributed by atoms with E-state index in [1.54, 1.807) is 0 Å². The Labute approximate surface area is 142 Å². The van der Waals surface area contributed by atoms with Crippen molar-refractivity contribution < 1.29 is 0 Å². The third-order valence-electron chi connectivity index (χ3n) is 4.55. The minimum atomic E-state index is 0.252. The first-order valence-electron chi connectivity index (χ1n) is 8.37. The molecule has 24 heavy (non-hydrogen) atoms. The second kappa shape index (κ2) is 6.32. The summed E-state index contributed by atoms with van der Waals surface area (Å²) < 4.78 is 2.35. The summed E-state index contributed by atoms with van der Waals surface area (Å²) >= 11 is 0. The molecule has 118 valence electrons. The third-order valence-corrected chi connectivity index (χ3v) is 4.55. The molecular weight excluding hydrogens is 292 g/mol. The topological polar surface area (TPSA) is 17.8 Å². The number of hydrogen-bond acceptors (Lipinski definition) is 1. The summed E-state index contributed by atoms with van der Waals surface area (Å²) in [5, 5.41) is 0. The van der Waals surface area contributed by atoms with E-state index in [9.17, 15) is 0 Å². The van der Waals surface area contributed by atoms with E-state index >= 15 is 0 Å². The first-order valence-corrected chi connectivity index (χ1v) is 8.37. The van der Waals surface area contributed by atoms with Gasteiger partial charge >= 0.3 is 0 Å². The molecule has 3 aromatic carbocycles. The lowest BCUT2D eigenvalue weighted by Gasteiger charge is -2.15. The molecule has 0 spiro atoms. The Morgan fingerprint density at radius 3 is 2.17 bits per heavy atom. The van der Waals surface area contributed by atoms with Crippen LogP contribution in [0.1, 0.15) is 29.8 Å². The van der Waals surface area contributed by atoms with Gasteiger partial charge in [0.25, 0.3) is 0 Å². The lowest BCUT2D eigenvalue weighted by molar-refractivity contribution is 0.705. The molecule has 4 aromatic rings. The summed E-state index contributed by atoms with van der Waals surface area (Å²) in [6, 6.07) is 29.6. The van der Waals surface area contributed by atoms with Gasteiger partial charge in [-0.25, -0.2) is 4.98 Å². The number of fused-ring (bicyclic) bond motifs is 1. The van der Waals surface area contributed by atoms with Gasteiger partial charge in [0.2, 0.25) is 0 Å². The summed E-state index contributed by atoms with van der Waals surface area (Å²) in [7, 11) is 0. The van der Waals surface area contributed by atoms with Crippen LogP contribution < -0.4 is 0 Å². The standard InChI is InChI=1S/C22H20N2/c1-17(19-12-6-3-7-13-19)22-23-20-14-8-9-15-21(20)24(22)16-18-10-4-2-5-11-18/h2-15,17H,16H2,1H3. The van der Waals surface area contributed by atoms with Gasteiger partial charge in [-0.1, -0.05) is 79.7 Å². The predicted octanol–water partition coefficient (Wildman–Crippen LogP) is 5.24. The molecule has 0 aliphatic carbocycles. The Morgan fingerprint density at radius 1 is 0.792 bits per heavy atom. The van der Waals surface area contributed by atoms with Gasteiger partial charge in [-0.2, -0.15) is 0 Å². The van der Waals surface area contributed by atoms with Crippen LogP contribution in [0.3, 0.4) is 0 Å². The average Bonchev–Trinajstić information content (AvgIpc) is 3.01. The zero-order valence-corrected chi connectivity index (χ0v) is 13.8. The molecular formula is C22H20N2. The summed E-state index contributed by atoms with van der Waals surface area (Å²) in [5.41, 5.74) is 4.84. The lowest BCUT2D eigenvalue weighted by Crippen LogP contribution is -2.09. The van der Waals surface area contributed by atoms with Crippen LogP contribution >= 0.6 is 0 Å². The van der Waals surface area contributed by atoms with E-state index in [0.29, 0.717) is 0 Å². The van der Waals surface area contributed by atoms with Crippen LogP contribution in [0.4, 0.5) is 0 Å². The number of hydrogen-bond donors (Lipinski definition) is 0. The normalized spacial score (nSPS) is 12.4. The van der Waals surface area contributed by atoms with E-state index in [1.165, 1.54) is 16.6 Å².